The molecule has 0 saturated heterocycles. The topological polar surface area (TPSA) is 43.4 Å². The van der Waals surface area contributed by atoms with Gasteiger partial charge in [-0.2, -0.15) is 0 Å². The van der Waals surface area contributed by atoms with Crippen molar-refractivity contribution in [3.8, 4) is 11.5 Å². The maximum Gasteiger partial charge on any atom is 0.161 e. The van der Waals surface area contributed by atoms with Crippen LogP contribution in [0, 0.1) is 6.92 Å². The van der Waals surface area contributed by atoms with Crippen LogP contribution < -0.4 is 14.8 Å². The van der Waals surface area contributed by atoms with Crippen molar-refractivity contribution in [1.82, 2.24) is 10.3 Å². The number of hydrogen-bond acceptors (Lipinski definition) is 5. The van der Waals surface area contributed by atoms with E-state index in [1.807, 2.05) is 31.3 Å². The van der Waals surface area contributed by atoms with E-state index in [4.69, 9.17) is 9.47 Å². The Morgan fingerprint density at radius 3 is 2.75 bits per heavy atom. The van der Waals surface area contributed by atoms with Gasteiger partial charge in [-0.1, -0.05) is 6.07 Å². The first-order chi connectivity index (χ1) is 9.72. The van der Waals surface area contributed by atoms with Crippen molar-refractivity contribution in [1.29, 1.82) is 0 Å². The minimum atomic E-state index is 0.636. The molecule has 0 atom stereocenters. The number of nitrogens with one attached hydrogen (secondary N) is 1. The Labute approximate surface area is 123 Å². The van der Waals surface area contributed by atoms with E-state index in [1.165, 1.54) is 10.4 Å². The van der Waals surface area contributed by atoms with E-state index in [9.17, 15) is 0 Å². The Kier molecular flexibility index (Phi) is 5.38. The standard InChI is InChI=1S/C15H20N2O2S/c1-4-19-13-6-5-12(7-14(13)18-3)9-16-10-15-17-8-11(2)20-15/h5-8,16H,4,9-10H2,1-3H3. The van der Waals surface area contributed by atoms with E-state index in [-0.39, 0.29) is 0 Å². The van der Waals surface area contributed by atoms with Crippen LogP contribution in [0.4, 0.5) is 0 Å². The molecule has 0 radical (unpaired) electrons. The molecule has 0 unspecified atom stereocenters. The van der Waals surface area contributed by atoms with Gasteiger partial charge in [-0.3, -0.25) is 0 Å². The van der Waals surface area contributed by atoms with Crippen molar-refractivity contribution in [2.45, 2.75) is 26.9 Å². The van der Waals surface area contributed by atoms with Crippen molar-refractivity contribution >= 4 is 11.3 Å². The number of thiazole rings is 1. The van der Waals surface area contributed by atoms with Crippen LogP contribution in [0.5, 0.6) is 11.5 Å². The average molecular weight is 292 g/mol. The molecule has 0 aliphatic carbocycles. The Bertz CT molecular complexity index is 555. The van der Waals surface area contributed by atoms with Crippen LogP contribution >= 0.6 is 11.3 Å². The zero-order valence-corrected chi connectivity index (χ0v) is 12.9. The van der Waals surface area contributed by atoms with Gasteiger partial charge in [0.05, 0.1) is 13.7 Å². The lowest BCUT2D eigenvalue weighted by atomic mass is 10.2. The molecule has 108 valence electrons. The summed E-state index contributed by atoms with van der Waals surface area (Å²) < 4.78 is 10.8. The predicted octanol–water partition coefficient (Wildman–Crippen LogP) is 3.15. The second-order valence-electron chi connectivity index (χ2n) is 4.39. The van der Waals surface area contributed by atoms with Gasteiger partial charge in [0.1, 0.15) is 5.01 Å². The molecule has 0 aliphatic heterocycles. The summed E-state index contributed by atoms with van der Waals surface area (Å²) in [5.41, 5.74) is 1.17. The van der Waals surface area contributed by atoms with Crippen LogP contribution in [0.15, 0.2) is 24.4 Å². The second kappa shape index (κ2) is 7.26. The van der Waals surface area contributed by atoms with Gasteiger partial charge < -0.3 is 14.8 Å². The lowest BCUT2D eigenvalue weighted by Gasteiger charge is -2.11. The van der Waals surface area contributed by atoms with E-state index < -0.39 is 0 Å². The van der Waals surface area contributed by atoms with Crippen LogP contribution in [0.2, 0.25) is 0 Å². The van der Waals surface area contributed by atoms with Gasteiger partial charge in [-0.15, -0.1) is 11.3 Å². The summed E-state index contributed by atoms with van der Waals surface area (Å²) in [6.45, 7) is 6.23. The molecule has 0 amide bonds. The normalized spacial score (nSPS) is 10.6. The maximum absolute atomic E-state index is 5.51. The molecule has 1 aromatic carbocycles. The van der Waals surface area contributed by atoms with E-state index in [0.29, 0.717) is 6.61 Å². The highest BCUT2D eigenvalue weighted by Gasteiger charge is 2.05. The number of hydrogen-bond donors (Lipinski definition) is 1. The fourth-order valence-electron chi connectivity index (χ4n) is 1.89. The highest BCUT2D eigenvalue weighted by Crippen LogP contribution is 2.28. The molecule has 1 heterocycles. The third-order valence-corrected chi connectivity index (χ3v) is 3.72. The van der Waals surface area contributed by atoms with Gasteiger partial charge in [-0.25, -0.2) is 4.98 Å². The molecule has 1 N–H and O–H groups in total. The number of ether oxygens (including phenoxy) is 2. The third kappa shape index (κ3) is 3.95. The summed E-state index contributed by atoms with van der Waals surface area (Å²) in [6, 6.07) is 6.01. The summed E-state index contributed by atoms with van der Waals surface area (Å²) in [4.78, 5) is 5.57. The van der Waals surface area contributed by atoms with Crippen LogP contribution in [0.25, 0.3) is 0 Å². The predicted molar refractivity (Wildman–Crippen MR) is 81.6 cm³/mol. The van der Waals surface area contributed by atoms with Crippen LogP contribution in [-0.2, 0) is 13.1 Å². The molecular formula is C15H20N2O2S. The lowest BCUT2D eigenvalue weighted by molar-refractivity contribution is 0.310. The highest BCUT2D eigenvalue weighted by molar-refractivity contribution is 7.11. The molecule has 2 rings (SSSR count). The monoisotopic (exact) mass is 292 g/mol. The van der Waals surface area contributed by atoms with Gasteiger partial charge in [0, 0.05) is 24.2 Å². The first kappa shape index (κ1) is 14.8. The summed E-state index contributed by atoms with van der Waals surface area (Å²) in [5, 5.41) is 4.50. The second-order valence-corrected chi connectivity index (χ2v) is 5.71. The number of nitrogens with zero attached hydrogens (tertiary/aromatic N) is 1. The molecule has 0 spiro atoms. The molecule has 0 bridgehead atoms. The van der Waals surface area contributed by atoms with Gasteiger partial charge in [0.25, 0.3) is 0 Å². The SMILES string of the molecule is CCOc1ccc(CNCc2ncc(C)s2)cc1OC. The number of rotatable bonds is 7. The van der Waals surface area contributed by atoms with Gasteiger partial charge in [0.2, 0.25) is 0 Å². The fraction of sp³-hybridized carbons (Fsp3) is 0.400. The number of aromatic nitrogens is 1. The Morgan fingerprint density at radius 2 is 2.10 bits per heavy atom. The quantitative estimate of drug-likeness (QED) is 0.851. The first-order valence-corrected chi connectivity index (χ1v) is 7.46. The average Bonchev–Trinajstić information content (AvgIpc) is 2.86. The molecule has 0 aliphatic rings. The van der Waals surface area contributed by atoms with Crippen molar-refractivity contribution in [2.24, 2.45) is 0 Å². The molecule has 20 heavy (non-hydrogen) atoms. The van der Waals surface area contributed by atoms with E-state index in [1.54, 1.807) is 18.4 Å². The van der Waals surface area contributed by atoms with Crippen LogP contribution in [0.1, 0.15) is 22.4 Å². The Balaban J connectivity index is 1.92. The molecule has 0 fully saturated rings. The summed E-state index contributed by atoms with van der Waals surface area (Å²) in [6.07, 6.45) is 1.90. The first-order valence-electron chi connectivity index (χ1n) is 6.64. The van der Waals surface area contributed by atoms with Gasteiger partial charge >= 0.3 is 0 Å². The number of benzene rings is 1. The van der Waals surface area contributed by atoms with Gasteiger partial charge in [-0.05, 0) is 31.5 Å². The lowest BCUT2D eigenvalue weighted by Crippen LogP contribution is -2.12. The number of aryl methyl sites for hydroxylation is 1. The Hall–Kier alpha value is -1.59. The van der Waals surface area contributed by atoms with Crippen LogP contribution in [0.3, 0.4) is 0 Å². The summed E-state index contributed by atoms with van der Waals surface area (Å²) in [7, 11) is 1.66. The summed E-state index contributed by atoms with van der Waals surface area (Å²) in [5.74, 6) is 1.56. The van der Waals surface area contributed by atoms with Crippen LogP contribution in [-0.4, -0.2) is 18.7 Å². The molecule has 5 heteroatoms. The third-order valence-electron chi connectivity index (χ3n) is 2.80. The zero-order valence-electron chi connectivity index (χ0n) is 12.1. The molecular weight excluding hydrogens is 272 g/mol. The smallest absolute Gasteiger partial charge is 0.161 e. The van der Waals surface area contributed by atoms with E-state index in [0.717, 1.165) is 29.6 Å². The maximum atomic E-state index is 5.51. The highest BCUT2D eigenvalue weighted by atomic mass is 32.1. The van der Waals surface area contributed by atoms with Crippen molar-refractivity contribution < 1.29 is 9.47 Å². The fourth-order valence-corrected chi connectivity index (χ4v) is 2.65. The molecule has 0 saturated carbocycles. The minimum Gasteiger partial charge on any atom is -0.493 e. The largest absolute Gasteiger partial charge is 0.493 e. The van der Waals surface area contributed by atoms with Crippen molar-refractivity contribution in [3.05, 3.63) is 39.8 Å². The van der Waals surface area contributed by atoms with Gasteiger partial charge in [0.15, 0.2) is 11.5 Å². The minimum absolute atomic E-state index is 0.636. The van der Waals surface area contributed by atoms with E-state index in [2.05, 4.69) is 17.2 Å². The zero-order chi connectivity index (χ0) is 14.4. The number of methoxy groups -OCH3 is 1. The molecule has 1 aromatic heterocycles. The van der Waals surface area contributed by atoms with E-state index >= 15 is 0 Å². The Morgan fingerprint density at radius 1 is 1.25 bits per heavy atom. The molecule has 2 aromatic rings. The summed E-state index contributed by atoms with van der Waals surface area (Å²) >= 11 is 1.72. The van der Waals surface area contributed by atoms with Crippen molar-refractivity contribution in [2.75, 3.05) is 13.7 Å². The van der Waals surface area contributed by atoms with Crippen molar-refractivity contribution in [3.63, 3.8) is 0 Å². The molecule has 4 nitrogen and oxygen atoms in total.